The van der Waals surface area contributed by atoms with Crippen molar-refractivity contribution in [2.75, 3.05) is 6.61 Å². The highest BCUT2D eigenvalue weighted by Gasteiger charge is 2.27. The number of sulfone groups is 1. The zero-order chi connectivity index (χ0) is 10.8. The molecular formula is C7H7ClO4S2. The van der Waals surface area contributed by atoms with Gasteiger partial charge in [-0.15, -0.1) is 11.3 Å². The Labute approximate surface area is 90.4 Å². The van der Waals surface area contributed by atoms with Crippen molar-refractivity contribution in [2.45, 2.75) is 11.1 Å². The normalized spacial score (nSPS) is 11.3. The summed E-state index contributed by atoms with van der Waals surface area (Å²) in [6.07, 6.45) is 0. The average molecular weight is 255 g/mol. The quantitative estimate of drug-likeness (QED) is 0.760. The van der Waals surface area contributed by atoms with Crippen LogP contribution in [-0.4, -0.2) is 20.3 Å². The summed E-state index contributed by atoms with van der Waals surface area (Å²) >= 11 is 6.38. The Bertz CT molecular complexity index is 434. The standard InChI is InChI=1S/C7H7ClO4S2/c1-2-12-7(9)14(10,11)6-4-3-5(8)13-6/h3-4H,2H2,1H3. The van der Waals surface area contributed by atoms with Gasteiger partial charge in [-0.1, -0.05) is 11.6 Å². The molecule has 0 aliphatic rings. The van der Waals surface area contributed by atoms with Gasteiger partial charge in [0.15, 0.2) is 0 Å². The van der Waals surface area contributed by atoms with Crippen molar-refractivity contribution in [3.05, 3.63) is 16.5 Å². The Morgan fingerprint density at radius 1 is 1.57 bits per heavy atom. The molecule has 0 saturated carbocycles. The summed E-state index contributed by atoms with van der Waals surface area (Å²) in [6.45, 7) is 1.56. The minimum absolute atomic E-state index is 0.0250. The fraction of sp³-hybridized carbons (Fsp3) is 0.286. The van der Waals surface area contributed by atoms with E-state index < -0.39 is 15.1 Å². The lowest BCUT2D eigenvalue weighted by atomic mass is 10.7. The van der Waals surface area contributed by atoms with E-state index in [0.29, 0.717) is 4.34 Å². The molecule has 0 N–H and O–H groups in total. The first-order valence-electron chi connectivity index (χ1n) is 3.65. The molecule has 0 spiro atoms. The minimum Gasteiger partial charge on any atom is -0.454 e. The highest BCUT2D eigenvalue weighted by molar-refractivity contribution is 8.07. The van der Waals surface area contributed by atoms with Gasteiger partial charge in [-0.3, -0.25) is 0 Å². The summed E-state index contributed by atoms with van der Waals surface area (Å²) in [5.41, 5.74) is 0. The van der Waals surface area contributed by atoms with Gasteiger partial charge in [0.2, 0.25) is 0 Å². The van der Waals surface area contributed by atoms with Crippen molar-refractivity contribution in [1.82, 2.24) is 0 Å². The number of hydrogen-bond acceptors (Lipinski definition) is 5. The van der Waals surface area contributed by atoms with Gasteiger partial charge < -0.3 is 4.74 Å². The fourth-order valence-electron chi connectivity index (χ4n) is 0.720. The molecule has 0 unspecified atom stereocenters. The monoisotopic (exact) mass is 254 g/mol. The smallest absolute Gasteiger partial charge is 0.430 e. The van der Waals surface area contributed by atoms with E-state index in [1.807, 2.05) is 0 Å². The molecule has 78 valence electrons. The summed E-state index contributed by atoms with van der Waals surface area (Å²) in [5, 5.41) is -1.24. The fourth-order valence-corrected chi connectivity index (χ4v) is 3.23. The van der Waals surface area contributed by atoms with Crippen molar-refractivity contribution < 1.29 is 17.9 Å². The average Bonchev–Trinajstić information content (AvgIpc) is 2.52. The molecule has 1 aromatic heterocycles. The maximum absolute atomic E-state index is 11.4. The van der Waals surface area contributed by atoms with E-state index in [0.717, 1.165) is 11.3 Å². The van der Waals surface area contributed by atoms with Crippen LogP contribution in [0.15, 0.2) is 16.3 Å². The van der Waals surface area contributed by atoms with Crippen molar-refractivity contribution in [3.63, 3.8) is 0 Å². The third kappa shape index (κ3) is 2.26. The van der Waals surface area contributed by atoms with Gasteiger partial charge in [-0.05, 0) is 19.1 Å². The van der Waals surface area contributed by atoms with Crippen LogP contribution >= 0.6 is 22.9 Å². The van der Waals surface area contributed by atoms with Crippen molar-refractivity contribution in [1.29, 1.82) is 0 Å². The molecule has 7 heteroatoms. The lowest BCUT2D eigenvalue weighted by Gasteiger charge is -1.99. The molecule has 14 heavy (non-hydrogen) atoms. The van der Waals surface area contributed by atoms with Gasteiger partial charge in [0.25, 0.3) is 9.84 Å². The molecule has 0 bridgehead atoms. The number of ether oxygens (including phenoxy) is 1. The van der Waals surface area contributed by atoms with Crippen LogP contribution in [0.25, 0.3) is 0 Å². The number of thiophene rings is 1. The summed E-state index contributed by atoms with van der Waals surface area (Å²) in [5.74, 6) is 0. The van der Waals surface area contributed by atoms with Crippen LogP contribution in [0.3, 0.4) is 0 Å². The first kappa shape index (κ1) is 11.5. The van der Waals surface area contributed by atoms with E-state index in [1.54, 1.807) is 0 Å². The molecule has 0 fully saturated rings. The molecule has 0 aliphatic carbocycles. The highest BCUT2D eigenvalue weighted by Crippen LogP contribution is 2.27. The molecule has 0 radical (unpaired) electrons. The SMILES string of the molecule is CCOC(=O)S(=O)(=O)c1ccc(Cl)s1. The predicted octanol–water partition coefficient (Wildman–Crippen LogP) is 2.33. The summed E-state index contributed by atoms with van der Waals surface area (Å²) < 4.78 is 27.4. The second-order valence-corrected chi connectivity index (χ2v) is 6.00. The Kier molecular flexibility index (Phi) is 3.52. The zero-order valence-corrected chi connectivity index (χ0v) is 9.58. The zero-order valence-electron chi connectivity index (χ0n) is 7.19. The van der Waals surface area contributed by atoms with Crippen molar-refractivity contribution in [2.24, 2.45) is 0 Å². The summed E-state index contributed by atoms with van der Waals surface area (Å²) in [4.78, 5) is 11.0. The van der Waals surface area contributed by atoms with Crippen LogP contribution < -0.4 is 0 Å². The Morgan fingerprint density at radius 2 is 2.21 bits per heavy atom. The lowest BCUT2D eigenvalue weighted by Crippen LogP contribution is -2.15. The first-order valence-corrected chi connectivity index (χ1v) is 6.33. The third-order valence-corrected chi connectivity index (χ3v) is 4.45. The van der Waals surface area contributed by atoms with Gasteiger partial charge in [0, 0.05) is 0 Å². The maximum Gasteiger partial charge on any atom is 0.430 e. The van der Waals surface area contributed by atoms with E-state index in [4.69, 9.17) is 11.6 Å². The third-order valence-electron chi connectivity index (χ3n) is 1.30. The molecule has 1 aromatic rings. The molecule has 0 amide bonds. The van der Waals surface area contributed by atoms with Crippen LogP contribution in [-0.2, 0) is 14.6 Å². The Hall–Kier alpha value is -0.590. The maximum atomic E-state index is 11.4. The van der Waals surface area contributed by atoms with Crippen molar-refractivity contribution >= 4 is 38.1 Å². The van der Waals surface area contributed by atoms with Crippen molar-refractivity contribution in [3.8, 4) is 0 Å². The second-order valence-electron chi connectivity index (χ2n) is 2.24. The predicted molar refractivity (Wildman–Crippen MR) is 53.5 cm³/mol. The van der Waals surface area contributed by atoms with Gasteiger partial charge in [-0.25, -0.2) is 13.2 Å². The van der Waals surface area contributed by atoms with E-state index in [1.165, 1.54) is 19.1 Å². The molecule has 1 heterocycles. The van der Waals surface area contributed by atoms with Crippen LogP contribution in [0.1, 0.15) is 6.92 Å². The van der Waals surface area contributed by atoms with E-state index in [9.17, 15) is 13.2 Å². The molecule has 4 nitrogen and oxygen atoms in total. The van der Waals surface area contributed by atoms with Gasteiger partial charge in [0.05, 0.1) is 10.9 Å². The molecule has 0 atom stereocenters. The molecule has 0 aliphatic heterocycles. The van der Waals surface area contributed by atoms with Gasteiger partial charge in [0.1, 0.15) is 4.21 Å². The van der Waals surface area contributed by atoms with E-state index in [2.05, 4.69) is 4.74 Å². The Balaban J connectivity index is 3.03. The number of carbonyl (C=O) groups is 1. The van der Waals surface area contributed by atoms with Gasteiger partial charge in [-0.2, -0.15) is 0 Å². The molecule has 0 saturated heterocycles. The molecule has 1 rings (SSSR count). The largest absolute Gasteiger partial charge is 0.454 e. The lowest BCUT2D eigenvalue weighted by molar-refractivity contribution is 0.178. The molecular weight excluding hydrogens is 248 g/mol. The number of rotatable bonds is 2. The van der Waals surface area contributed by atoms with Gasteiger partial charge >= 0.3 is 5.30 Å². The van der Waals surface area contributed by atoms with Crippen LogP contribution in [0.4, 0.5) is 4.79 Å². The second kappa shape index (κ2) is 4.29. The molecule has 0 aromatic carbocycles. The van der Waals surface area contributed by atoms with Crippen LogP contribution in [0, 0.1) is 0 Å². The number of halogens is 1. The topological polar surface area (TPSA) is 60.4 Å². The number of hydrogen-bond donors (Lipinski definition) is 0. The summed E-state index contributed by atoms with van der Waals surface area (Å²) in [6, 6.07) is 2.69. The highest BCUT2D eigenvalue weighted by atomic mass is 35.5. The summed E-state index contributed by atoms with van der Waals surface area (Å²) in [7, 11) is -4.01. The van der Waals surface area contributed by atoms with E-state index in [-0.39, 0.29) is 10.8 Å². The number of carbonyl (C=O) groups excluding carboxylic acids is 1. The Morgan fingerprint density at radius 3 is 2.64 bits per heavy atom. The van der Waals surface area contributed by atoms with Crippen LogP contribution in [0.5, 0.6) is 0 Å². The minimum atomic E-state index is -4.01. The first-order chi connectivity index (χ1) is 6.48. The van der Waals surface area contributed by atoms with Crippen LogP contribution in [0.2, 0.25) is 4.34 Å². The van der Waals surface area contributed by atoms with E-state index >= 15 is 0 Å².